The summed E-state index contributed by atoms with van der Waals surface area (Å²) >= 11 is 0. The number of halogens is 1. The molecule has 0 saturated heterocycles. The van der Waals surface area contributed by atoms with E-state index in [2.05, 4.69) is 10.5 Å². The first-order valence-electron chi connectivity index (χ1n) is 9.09. The van der Waals surface area contributed by atoms with Gasteiger partial charge < -0.3 is 4.74 Å². The monoisotopic (exact) mass is 438 g/mol. The van der Waals surface area contributed by atoms with Gasteiger partial charge in [-0.15, -0.1) is 0 Å². The maximum atomic E-state index is 12.9. The number of non-ortho nitro benzene ring substituents is 1. The number of nitrogens with zero attached hydrogens (tertiary/aromatic N) is 3. The minimum absolute atomic E-state index is 0.0401. The summed E-state index contributed by atoms with van der Waals surface area (Å²) in [5, 5.41) is 25.8. The Labute approximate surface area is 180 Å². The summed E-state index contributed by atoms with van der Waals surface area (Å²) in [5.74, 6) is -0.643. The predicted octanol–water partition coefficient (Wildman–Crippen LogP) is 4.13. The van der Waals surface area contributed by atoms with Crippen LogP contribution in [0.1, 0.15) is 11.1 Å². The SMILES string of the molecule is O=C(Cc1ccc(F)cc1)N/N=C/c1ccc(Oc2ccc([N+](=O)[O-])cc2[N+](=O)[O-])cc1. The summed E-state index contributed by atoms with van der Waals surface area (Å²) in [6.45, 7) is 0. The summed E-state index contributed by atoms with van der Waals surface area (Å²) in [5.41, 5.74) is 2.65. The van der Waals surface area contributed by atoms with Crippen LogP contribution in [0.3, 0.4) is 0 Å². The molecule has 0 atom stereocenters. The van der Waals surface area contributed by atoms with Gasteiger partial charge in [-0.05, 0) is 53.6 Å². The molecule has 3 rings (SSSR count). The van der Waals surface area contributed by atoms with E-state index in [0.29, 0.717) is 11.1 Å². The van der Waals surface area contributed by atoms with Crippen molar-refractivity contribution in [3.8, 4) is 11.5 Å². The summed E-state index contributed by atoms with van der Waals surface area (Å²) < 4.78 is 18.4. The van der Waals surface area contributed by atoms with Crippen molar-refractivity contribution in [3.63, 3.8) is 0 Å². The third kappa shape index (κ3) is 5.92. The second-order valence-electron chi connectivity index (χ2n) is 6.43. The Hall–Kier alpha value is -4.67. The van der Waals surface area contributed by atoms with Crippen LogP contribution >= 0.6 is 0 Å². The van der Waals surface area contributed by atoms with Crippen LogP contribution in [0.4, 0.5) is 15.8 Å². The van der Waals surface area contributed by atoms with Crippen molar-refractivity contribution < 1.29 is 23.8 Å². The number of amides is 1. The number of nitro groups is 2. The number of hydrogen-bond acceptors (Lipinski definition) is 7. The van der Waals surface area contributed by atoms with Crippen LogP contribution in [0.15, 0.2) is 71.8 Å². The van der Waals surface area contributed by atoms with E-state index in [1.807, 2.05) is 0 Å². The first-order chi connectivity index (χ1) is 15.3. The zero-order chi connectivity index (χ0) is 23.1. The molecule has 0 aliphatic carbocycles. The maximum Gasteiger partial charge on any atom is 0.318 e. The summed E-state index contributed by atoms with van der Waals surface area (Å²) in [6.07, 6.45) is 1.43. The van der Waals surface area contributed by atoms with Gasteiger partial charge >= 0.3 is 5.69 Å². The fraction of sp³-hybridized carbons (Fsp3) is 0.0476. The minimum Gasteiger partial charge on any atom is -0.450 e. The molecule has 0 fully saturated rings. The topological polar surface area (TPSA) is 137 Å². The van der Waals surface area contributed by atoms with E-state index in [-0.39, 0.29) is 29.6 Å². The fourth-order valence-electron chi connectivity index (χ4n) is 2.60. The lowest BCUT2D eigenvalue weighted by Crippen LogP contribution is -2.19. The Morgan fingerprint density at radius 1 is 1.00 bits per heavy atom. The summed E-state index contributed by atoms with van der Waals surface area (Å²) in [6, 6.07) is 14.9. The molecule has 0 aliphatic rings. The van der Waals surface area contributed by atoms with Gasteiger partial charge in [0.2, 0.25) is 11.7 Å². The molecule has 162 valence electrons. The van der Waals surface area contributed by atoms with E-state index in [1.165, 1.54) is 42.6 Å². The Morgan fingerprint density at radius 3 is 2.31 bits per heavy atom. The lowest BCUT2D eigenvalue weighted by molar-refractivity contribution is -0.394. The van der Waals surface area contributed by atoms with Crippen molar-refractivity contribution in [1.82, 2.24) is 5.43 Å². The molecule has 0 bridgehead atoms. The number of hydrazone groups is 1. The first kappa shape index (κ1) is 22.0. The van der Waals surface area contributed by atoms with Crippen molar-refractivity contribution >= 4 is 23.5 Å². The van der Waals surface area contributed by atoms with Crippen molar-refractivity contribution in [1.29, 1.82) is 0 Å². The van der Waals surface area contributed by atoms with E-state index < -0.39 is 21.2 Å². The Bertz CT molecular complexity index is 1180. The van der Waals surface area contributed by atoms with E-state index >= 15 is 0 Å². The van der Waals surface area contributed by atoms with Crippen molar-refractivity contribution in [2.45, 2.75) is 6.42 Å². The highest BCUT2D eigenvalue weighted by molar-refractivity contribution is 5.83. The van der Waals surface area contributed by atoms with Crippen LogP contribution in [-0.4, -0.2) is 22.0 Å². The first-order valence-corrected chi connectivity index (χ1v) is 9.09. The molecule has 3 aromatic rings. The van der Waals surface area contributed by atoms with Gasteiger partial charge in [-0.25, -0.2) is 9.82 Å². The van der Waals surface area contributed by atoms with Gasteiger partial charge in [0.15, 0.2) is 0 Å². The van der Waals surface area contributed by atoms with E-state index in [1.54, 1.807) is 12.1 Å². The molecule has 0 aliphatic heterocycles. The standard InChI is InChI=1S/C21H15FN4O6/c22-16-5-1-14(2-6-16)11-21(27)24-23-13-15-3-8-18(9-4-15)32-20-10-7-17(25(28)29)12-19(20)26(30)31/h1-10,12-13H,11H2,(H,24,27)/b23-13+. The smallest absolute Gasteiger partial charge is 0.318 e. The molecule has 1 amide bonds. The van der Waals surface area contributed by atoms with Gasteiger partial charge in [0.05, 0.1) is 28.5 Å². The average molecular weight is 438 g/mol. The van der Waals surface area contributed by atoms with Crippen molar-refractivity contribution in [3.05, 3.63) is 104 Å². The van der Waals surface area contributed by atoms with Gasteiger partial charge in [-0.2, -0.15) is 5.10 Å². The van der Waals surface area contributed by atoms with E-state index in [9.17, 15) is 29.4 Å². The van der Waals surface area contributed by atoms with Gasteiger partial charge in [-0.1, -0.05) is 12.1 Å². The average Bonchev–Trinajstić information content (AvgIpc) is 2.76. The molecule has 0 saturated carbocycles. The number of benzene rings is 3. The van der Waals surface area contributed by atoms with Gasteiger partial charge in [0.25, 0.3) is 5.69 Å². The van der Waals surface area contributed by atoms with E-state index in [4.69, 9.17) is 4.74 Å². The second kappa shape index (κ2) is 9.89. The number of carbonyl (C=O) groups excluding carboxylic acids is 1. The quantitative estimate of drug-likeness (QED) is 0.319. The summed E-state index contributed by atoms with van der Waals surface area (Å²) in [7, 11) is 0. The largest absolute Gasteiger partial charge is 0.450 e. The third-order valence-electron chi connectivity index (χ3n) is 4.14. The zero-order valence-electron chi connectivity index (χ0n) is 16.3. The Morgan fingerprint density at radius 2 is 1.69 bits per heavy atom. The minimum atomic E-state index is -0.766. The highest BCUT2D eigenvalue weighted by atomic mass is 19.1. The Balaban J connectivity index is 1.60. The second-order valence-corrected chi connectivity index (χ2v) is 6.43. The molecule has 0 aromatic heterocycles. The van der Waals surface area contributed by atoms with Crippen molar-refractivity contribution in [2.75, 3.05) is 0 Å². The van der Waals surface area contributed by atoms with Crippen molar-refractivity contribution in [2.24, 2.45) is 5.10 Å². The van der Waals surface area contributed by atoms with Crippen LogP contribution in [-0.2, 0) is 11.2 Å². The molecule has 10 nitrogen and oxygen atoms in total. The molecule has 0 radical (unpaired) electrons. The number of nitro benzene ring substituents is 2. The van der Waals surface area contributed by atoms with Crippen LogP contribution in [0.25, 0.3) is 0 Å². The van der Waals surface area contributed by atoms with E-state index in [0.717, 1.165) is 18.2 Å². The molecule has 32 heavy (non-hydrogen) atoms. The van der Waals surface area contributed by atoms with Crippen LogP contribution < -0.4 is 10.2 Å². The number of nitrogens with one attached hydrogen (secondary N) is 1. The highest BCUT2D eigenvalue weighted by Crippen LogP contribution is 2.34. The molecule has 11 heteroatoms. The normalized spacial score (nSPS) is 10.7. The molecule has 0 heterocycles. The third-order valence-corrected chi connectivity index (χ3v) is 4.14. The lowest BCUT2D eigenvalue weighted by atomic mass is 10.1. The number of ether oxygens (including phenoxy) is 1. The highest BCUT2D eigenvalue weighted by Gasteiger charge is 2.21. The zero-order valence-corrected chi connectivity index (χ0v) is 16.3. The van der Waals surface area contributed by atoms with Crippen LogP contribution in [0.2, 0.25) is 0 Å². The molecule has 0 unspecified atom stereocenters. The molecular weight excluding hydrogens is 423 g/mol. The van der Waals surface area contributed by atoms with Crippen LogP contribution in [0, 0.1) is 26.0 Å². The fourth-order valence-corrected chi connectivity index (χ4v) is 2.60. The molecule has 1 N–H and O–H groups in total. The van der Waals surface area contributed by atoms with Crippen LogP contribution in [0.5, 0.6) is 11.5 Å². The van der Waals surface area contributed by atoms with Gasteiger partial charge in [0, 0.05) is 6.07 Å². The molecule has 3 aromatic carbocycles. The molecule has 0 spiro atoms. The summed E-state index contributed by atoms with van der Waals surface area (Å²) in [4.78, 5) is 32.3. The number of carbonyl (C=O) groups is 1. The molecular formula is C21H15FN4O6. The number of rotatable bonds is 8. The van der Waals surface area contributed by atoms with Gasteiger partial charge in [0.1, 0.15) is 11.6 Å². The van der Waals surface area contributed by atoms with Gasteiger partial charge in [-0.3, -0.25) is 25.0 Å². The number of hydrogen-bond donors (Lipinski definition) is 1. The maximum absolute atomic E-state index is 12.9. The lowest BCUT2D eigenvalue weighted by Gasteiger charge is -2.06. The predicted molar refractivity (Wildman–Crippen MR) is 112 cm³/mol. The Kier molecular flexibility index (Phi) is 6.81.